The number of pyridine rings is 2. The fourth-order valence-electron chi connectivity index (χ4n) is 4.19. The van der Waals surface area contributed by atoms with Crippen LogP contribution in [0.1, 0.15) is 27.9 Å². The van der Waals surface area contributed by atoms with Crippen LogP contribution in [-0.4, -0.2) is 40.0 Å². The molecule has 4 aromatic rings. The lowest BCUT2D eigenvalue weighted by Crippen LogP contribution is -2.35. The lowest BCUT2D eigenvalue weighted by Gasteiger charge is -2.30. The topological polar surface area (TPSA) is 88.8 Å². The molecule has 1 N–H and O–H groups in total. The van der Waals surface area contributed by atoms with Crippen LogP contribution in [0.5, 0.6) is 0 Å². The van der Waals surface area contributed by atoms with E-state index in [0.717, 1.165) is 35.4 Å². The maximum Gasteiger partial charge on any atom is 0.412 e. The third-order valence-corrected chi connectivity index (χ3v) is 5.83. The van der Waals surface area contributed by atoms with Crippen molar-refractivity contribution >= 4 is 29.2 Å². The Bertz CT molecular complexity index is 1360. The highest BCUT2D eigenvalue weighted by Crippen LogP contribution is 2.30. The van der Waals surface area contributed by atoms with Crippen molar-refractivity contribution in [1.82, 2.24) is 14.4 Å². The first-order valence-corrected chi connectivity index (χ1v) is 10.7. The highest BCUT2D eigenvalue weighted by atomic mass is 16.5. The average Bonchev–Trinajstić information content (AvgIpc) is 3.26. The Morgan fingerprint density at radius 3 is 2.73 bits per heavy atom. The summed E-state index contributed by atoms with van der Waals surface area (Å²) in [7, 11) is 1.30. The van der Waals surface area contributed by atoms with Gasteiger partial charge in [-0.2, -0.15) is 0 Å². The molecular formula is C25H23N5O3. The summed E-state index contributed by atoms with van der Waals surface area (Å²) in [6.07, 6.45) is 6.56. The average molecular weight is 441 g/mol. The number of nitrogens with one attached hydrogen (secondary N) is 1. The van der Waals surface area contributed by atoms with E-state index < -0.39 is 6.09 Å². The molecule has 8 heteroatoms. The number of anilines is 2. The standard InChI is InChI=1S/C25H23N5O3/c1-16-5-8-20-17(12-16)4-3-11-29(20)24(31)19-7-10-23-27-14-21(30(23)15-19)18-6-9-22(26-13-18)28-25(32)33-2/h5-10,12-15H,3-4,11H2,1-2H3,(H,26,28,32). The molecule has 2 amide bonds. The van der Waals surface area contributed by atoms with Gasteiger partial charge in [0.05, 0.1) is 24.6 Å². The van der Waals surface area contributed by atoms with Gasteiger partial charge in [0.1, 0.15) is 11.5 Å². The molecule has 0 radical (unpaired) electrons. The van der Waals surface area contributed by atoms with Crippen molar-refractivity contribution in [3.05, 3.63) is 77.7 Å². The second-order valence-corrected chi connectivity index (χ2v) is 8.03. The molecule has 0 saturated carbocycles. The van der Waals surface area contributed by atoms with Crippen LogP contribution in [-0.2, 0) is 11.2 Å². The van der Waals surface area contributed by atoms with Crippen LogP contribution in [0.25, 0.3) is 16.9 Å². The van der Waals surface area contributed by atoms with Crippen molar-refractivity contribution in [2.75, 3.05) is 23.9 Å². The second kappa shape index (κ2) is 8.38. The van der Waals surface area contributed by atoms with E-state index in [1.165, 1.54) is 18.2 Å². The van der Waals surface area contributed by atoms with Crippen LogP contribution in [0.4, 0.5) is 16.3 Å². The molecule has 0 atom stereocenters. The number of nitrogens with zero attached hydrogens (tertiary/aromatic N) is 4. The minimum absolute atomic E-state index is 0.0305. The molecule has 8 nitrogen and oxygen atoms in total. The molecule has 166 valence electrons. The van der Waals surface area contributed by atoms with Gasteiger partial charge in [0, 0.05) is 30.2 Å². The fraction of sp³-hybridized carbons (Fsp3) is 0.200. The first-order chi connectivity index (χ1) is 16.0. The SMILES string of the molecule is COC(=O)Nc1ccc(-c2cnc3ccc(C(=O)N4CCCc5cc(C)ccc54)cn23)cn1. The van der Waals surface area contributed by atoms with Crippen molar-refractivity contribution in [2.24, 2.45) is 0 Å². The molecule has 33 heavy (non-hydrogen) atoms. The summed E-state index contributed by atoms with van der Waals surface area (Å²) < 4.78 is 6.47. The largest absolute Gasteiger partial charge is 0.453 e. The zero-order valence-corrected chi connectivity index (χ0v) is 18.4. The van der Waals surface area contributed by atoms with Gasteiger partial charge in [0.25, 0.3) is 5.91 Å². The maximum atomic E-state index is 13.5. The minimum atomic E-state index is -0.581. The predicted octanol–water partition coefficient (Wildman–Crippen LogP) is 4.48. The zero-order chi connectivity index (χ0) is 22.9. The highest BCUT2D eigenvalue weighted by Gasteiger charge is 2.24. The van der Waals surface area contributed by atoms with Crippen molar-refractivity contribution in [2.45, 2.75) is 19.8 Å². The molecule has 0 aliphatic carbocycles. The smallest absolute Gasteiger partial charge is 0.412 e. The Kier molecular flexibility index (Phi) is 5.26. The fourth-order valence-corrected chi connectivity index (χ4v) is 4.19. The first kappa shape index (κ1) is 20.7. The molecule has 0 spiro atoms. The van der Waals surface area contributed by atoms with Gasteiger partial charge in [-0.1, -0.05) is 17.7 Å². The second-order valence-electron chi connectivity index (χ2n) is 8.03. The predicted molar refractivity (Wildman–Crippen MR) is 126 cm³/mol. The molecule has 3 aromatic heterocycles. The molecule has 0 saturated heterocycles. The summed E-state index contributed by atoms with van der Waals surface area (Å²) in [5.74, 6) is 0.353. The molecule has 4 heterocycles. The molecule has 5 rings (SSSR count). The number of carbonyl (C=O) groups excluding carboxylic acids is 2. The van der Waals surface area contributed by atoms with Crippen molar-refractivity contribution in [3.63, 3.8) is 0 Å². The van der Waals surface area contributed by atoms with Crippen molar-refractivity contribution in [1.29, 1.82) is 0 Å². The molecule has 1 aromatic carbocycles. The zero-order valence-electron chi connectivity index (χ0n) is 18.4. The normalized spacial score (nSPS) is 13.0. The number of fused-ring (bicyclic) bond motifs is 2. The maximum absolute atomic E-state index is 13.5. The third-order valence-electron chi connectivity index (χ3n) is 5.83. The van der Waals surface area contributed by atoms with Gasteiger partial charge in [-0.05, 0) is 55.7 Å². The number of aromatic nitrogens is 3. The Labute approximate surface area is 190 Å². The van der Waals surface area contributed by atoms with Crippen LogP contribution < -0.4 is 10.2 Å². The molecule has 0 fully saturated rings. The first-order valence-electron chi connectivity index (χ1n) is 10.7. The molecule has 0 unspecified atom stereocenters. The third kappa shape index (κ3) is 3.91. The lowest BCUT2D eigenvalue weighted by molar-refractivity contribution is 0.0984. The number of amides is 2. The molecule has 0 bridgehead atoms. The van der Waals surface area contributed by atoms with E-state index in [2.05, 4.69) is 33.0 Å². The number of carbonyl (C=O) groups is 2. The van der Waals surface area contributed by atoms with Gasteiger partial charge in [-0.25, -0.2) is 14.8 Å². The van der Waals surface area contributed by atoms with Crippen LogP contribution in [0.2, 0.25) is 0 Å². The number of hydrogen-bond acceptors (Lipinski definition) is 5. The van der Waals surface area contributed by atoms with Crippen LogP contribution in [0.15, 0.2) is 61.1 Å². The number of hydrogen-bond donors (Lipinski definition) is 1. The minimum Gasteiger partial charge on any atom is -0.453 e. The van der Waals surface area contributed by atoms with E-state index in [9.17, 15) is 9.59 Å². The van der Waals surface area contributed by atoms with E-state index >= 15 is 0 Å². The van der Waals surface area contributed by atoms with Crippen LogP contribution in [0.3, 0.4) is 0 Å². The van der Waals surface area contributed by atoms with E-state index in [0.29, 0.717) is 17.9 Å². The van der Waals surface area contributed by atoms with E-state index in [1.807, 2.05) is 45.8 Å². The number of imidazole rings is 1. The van der Waals surface area contributed by atoms with Crippen LogP contribution in [0, 0.1) is 6.92 Å². The quantitative estimate of drug-likeness (QED) is 0.507. The lowest BCUT2D eigenvalue weighted by atomic mass is 9.99. The monoisotopic (exact) mass is 441 g/mol. The van der Waals surface area contributed by atoms with Crippen molar-refractivity contribution in [3.8, 4) is 11.3 Å². The number of rotatable bonds is 3. The molecular weight excluding hydrogens is 418 g/mol. The summed E-state index contributed by atoms with van der Waals surface area (Å²) in [5, 5.41) is 2.53. The van der Waals surface area contributed by atoms with Gasteiger partial charge in [-0.15, -0.1) is 0 Å². The summed E-state index contributed by atoms with van der Waals surface area (Å²) >= 11 is 0. The Hall–Kier alpha value is -4.20. The number of methoxy groups -OCH3 is 1. The summed E-state index contributed by atoms with van der Waals surface area (Å²) in [5.41, 5.74) is 6.33. The van der Waals surface area contributed by atoms with Gasteiger partial charge in [0.15, 0.2) is 0 Å². The summed E-state index contributed by atoms with van der Waals surface area (Å²) in [4.78, 5) is 35.4. The number of aryl methyl sites for hydroxylation is 2. The number of ether oxygens (including phenoxy) is 1. The van der Waals surface area contributed by atoms with Gasteiger partial charge in [-0.3, -0.25) is 14.5 Å². The Morgan fingerprint density at radius 2 is 1.94 bits per heavy atom. The highest BCUT2D eigenvalue weighted by molar-refractivity contribution is 6.06. The Balaban J connectivity index is 1.47. The van der Waals surface area contributed by atoms with E-state index in [4.69, 9.17) is 0 Å². The van der Waals surface area contributed by atoms with Crippen molar-refractivity contribution < 1.29 is 14.3 Å². The summed E-state index contributed by atoms with van der Waals surface area (Å²) in [6, 6.07) is 13.4. The summed E-state index contributed by atoms with van der Waals surface area (Å²) in [6.45, 7) is 2.77. The molecule has 1 aliphatic heterocycles. The van der Waals surface area contributed by atoms with Crippen LogP contribution >= 0.6 is 0 Å². The van der Waals surface area contributed by atoms with Gasteiger partial charge in [0.2, 0.25) is 0 Å². The van der Waals surface area contributed by atoms with E-state index in [1.54, 1.807) is 18.5 Å². The van der Waals surface area contributed by atoms with Gasteiger partial charge >= 0.3 is 6.09 Å². The Morgan fingerprint density at radius 1 is 1.06 bits per heavy atom. The number of benzene rings is 1. The molecule has 1 aliphatic rings. The van der Waals surface area contributed by atoms with E-state index in [-0.39, 0.29) is 5.91 Å². The van der Waals surface area contributed by atoms with Gasteiger partial charge < -0.3 is 9.64 Å².